The zero-order chi connectivity index (χ0) is 9.30. The number of halogens is 2. The van der Waals surface area contributed by atoms with Crippen LogP contribution in [0.3, 0.4) is 0 Å². The van der Waals surface area contributed by atoms with E-state index in [4.69, 9.17) is 22.1 Å². The molecular weight excluding hydrogens is 241 g/mol. The number of methoxy groups -OCH3 is 1. The van der Waals surface area contributed by atoms with Crippen molar-refractivity contribution in [1.29, 1.82) is 0 Å². The van der Waals surface area contributed by atoms with Crippen LogP contribution in [-0.2, 0) is 0 Å². The third-order valence-corrected chi connectivity index (χ3v) is 2.91. The van der Waals surface area contributed by atoms with E-state index in [0.29, 0.717) is 16.5 Å². The molecule has 0 heterocycles. The predicted octanol–water partition coefficient (Wildman–Crippen LogP) is 3.00. The average molecular weight is 251 g/mol. The van der Waals surface area contributed by atoms with E-state index in [9.17, 15) is 0 Å². The summed E-state index contributed by atoms with van der Waals surface area (Å²) < 4.78 is 5.93. The van der Waals surface area contributed by atoms with Crippen molar-refractivity contribution >= 4 is 33.2 Å². The van der Waals surface area contributed by atoms with Gasteiger partial charge >= 0.3 is 0 Å². The van der Waals surface area contributed by atoms with Gasteiger partial charge in [0.05, 0.1) is 17.8 Å². The van der Waals surface area contributed by atoms with Gasteiger partial charge in [0.25, 0.3) is 0 Å². The molecule has 12 heavy (non-hydrogen) atoms. The molecule has 0 aliphatic carbocycles. The summed E-state index contributed by atoms with van der Waals surface area (Å²) in [6, 6.07) is 1.78. The Bertz CT molecular complexity index is 314. The van der Waals surface area contributed by atoms with Crippen molar-refractivity contribution in [3.05, 3.63) is 21.1 Å². The lowest BCUT2D eigenvalue weighted by Gasteiger charge is -2.10. The van der Waals surface area contributed by atoms with Crippen molar-refractivity contribution in [3.63, 3.8) is 0 Å². The van der Waals surface area contributed by atoms with Gasteiger partial charge in [-0.15, -0.1) is 0 Å². The van der Waals surface area contributed by atoms with Crippen LogP contribution in [0.15, 0.2) is 10.5 Å². The third-order valence-electron chi connectivity index (χ3n) is 1.64. The fourth-order valence-electron chi connectivity index (χ4n) is 0.920. The number of hydrogen-bond donors (Lipinski definition) is 1. The van der Waals surface area contributed by atoms with Gasteiger partial charge in [-0.25, -0.2) is 0 Å². The van der Waals surface area contributed by atoms with E-state index in [0.717, 1.165) is 10.0 Å². The van der Waals surface area contributed by atoms with E-state index in [1.165, 1.54) is 0 Å². The zero-order valence-corrected chi connectivity index (χ0v) is 9.16. The minimum atomic E-state index is 0.539. The SMILES string of the molecule is COc1c(N)cc(Br)c(C)c1Cl. The molecule has 0 atom stereocenters. The first-order valence-electron chi connectivity index (χ1n) is 3.36. The highest BCUT2D eigenvalue weighted by Crippen LogP contribution is 2.37. The first kappa shape index (κ1) is 9.68. The van der Waals surface area contributed by atoms with Crippen LogP contribution in [0.2, 0.25) is 5.02 Å². The first-order valence-corrected chi connectivity index (χ1v) is 4.53. The standard InChI is InChI=1S/C8H9BrClNO/c1-4-5(9)3-6(11)8(12-2)7(4)10/h3H,11H2,1-2H3. The van der Waals surface area contributed by atoms with E-state index in [1.807, 2.05) is 6.92 Å². The predicted molar refractivity (Wildman–Crippen MR) is 54.9 cm³/mol. The molecule has 0 aliphatic heterocycles. The Kier molecular flexibility index (Phi) is 2.85. The summed E-state index contributed by atoms with van der Waals surface area (Å²) in [5.41, 5.74) is 7.14. The molecule has 0 saturated carbocycles. The van der Waals surface area contributed by atoms with Gasteiger partial charge in [-0.05, 0) is 18.6 Å². The van der Waals surface area contributed by atoms with Crippen molar-refractivity contribution < 1.29 is 4.74 Å². The fraction of sp³-hybridized carbons (Fsp3) is 0.250. The molecule has 2 nitrogen and oxygen atoms in total. The maximum absolute atomic E-state index is 5.97. The molecule has 0 aliphatic rings. The second-order valence-electron chi connectivity index (χ2n) is 2.42. The lowest BCUT2D eigenvalue weighted by Crippen LogP contribution is -1.95. The fourth-order valence-corrected chi connectivity index (χ4v) is 1.77. The second-order valence-corrected chi connectivity index (χ2v) is 3.65. The zero-order valence-electron chi connectivity index (χ0n) is 6.82. The molecule has 4 heteroatoms. The van der Waals surface area contributed by atoms with E-state index in [2.05, 4.69) is 15.9 Å². The van der Waals surface area contributed by atoms with Crippen LogP contribution in [-0.4, -0.2) is 7.11 Å². The van der Waals surface area contributed by atoms with E-state index >= 15 is 0 Å². The quantitative estimate of drug-likeness (QED) is 0.778. The van der Waals surface area contributed by atoms with Crippen molar-refractivity contribution in [1.82, 2.24) is 0 Å². The average Bonchev–Trinajstić information content (AvgIpc) is 2.01. The smallest absolute Gasteiger partial charge is 0.160 e. The number of rotatable bonds is 1. The van der Waals surface area contributed by atoms with Crippen molar-refractivity contribution in [2.45, 2.75) is 6.92 Å². The molecule has 0 fully saturated rings. The number of ether oxygens (including phenoxy) is 1. The first-order chi connectivity index (χ1) is 5.57. The summed E-state index contributed by atoms with van der Waals surface area (Å²) in [7, 11) is 1.55. The highest BCUT2D eigenvalue weighted by Gasteiger charge is 2.10. The molecule has 0 bridgehead atoms. The van der Waals surface area contributed by atoms with Crippen LogP contribution in [0.25, 0.3) is 0 Å². The van der Waals surface area contributed by atoms with Gasteiger partial charge in [-0.2, -0.15) is 0 Å². The summed E-state index contributed by atoms with van der Waals surface area (Å²) in [6.07, 6.45) is 0. The monoisotopic (exact) mass is 249 g/mol. The number of benzene rings is 1. The van der Waals surface area contributed by atoms with Gasteiger partial charge in [0.1, 0.15) is 0 Å². The molecule has 66 valence electrons. The van der Waals surface area contributed by atoms with Gasteiger partial charge in [0.15, 0.2) is 5.75 Å². The maximum atomic E-state index is 5.97. The Balaban J connectivity index is 3.40. The van der Waals surface area contributed by atoms with Gasteiger partial charge < -0.3 is 10.5 Å². The van der Waals surface area contributed by atoms with Gasteiger partial charge in [-0.3, -0.25) is 0 Å². The highest BCUT2D eigenvalue weighted by atomic mass is 79.9. The summed E-state index contributed by atoms with van der Waals surface area (Å²) in [5.74, 6) is 0.539. The van der Waals surface area contributed by atoms with Crippen LogP contribution in [0.5, 0.6) is 5.75 Å². The second kappa shape index (κ2) is 3.54. The summed E-state index contributed by atoms with van der Waals surface area (Å²) in [4.78, 5) is 0. The Hall–Kier alpha value is -0.410. The lowest BCUT2D eigenvalue weighted by molar-refractivity contribution is 0.417. The van der Waals surface area contributed by atoms with Gasteiger partial charge in [0, 0.05) is 4.47 Å². The molecule has 0 radical (unpaired) electrons. The number of nitrogens with two attached hydrogens (primary N) is 1. The Morgan fingerprint density at radius 1 is 1.58 bits per heavy atom. The minimum absolute atomic E-state index is 0.539. The van der Waals surface area contributed by atoms with Crippen LogP contribution in [0.1, 0.15) is 5.56 Å². The largest absolute Gasteiger partial charge is 0.493 e. The lowest BCUT2D eigenvalue weighted by atomic mass is 10.2. The molecule has 0 saturated heterocycles. The van der Waals surface area contributed by atoms with Crippen LogP contribution in [0, 0.1) is 6.92 Å². The highest BCUT2D eigenvalue weighted by molar-refractivity contribution is 9.10. The molecular formula is C8H9BrClNO. The molecule has 0 unspecified atom stereocenters. The minimum Gasteiger partial charge on any atom is -0.493 e. The Labute approximate surface area is 84.8 Å². The van der Waals surface area contributed by atoms with Gasteiger partial charge in [-0.1, -0.05) is 27.5 Å². The summed E-state index contributed by atoms with van der Waals surface area (Å²) in [5, 5.41) is 0.560. The number of anilines is 1. The molecule has 1 aromatic carbocycles. The Morgan fingerprint density at radius 2 is 2.17 bits per heavy atom. The van der Waals surface area contributed by atoms with E-state index in [1.54, 1.807) is 13.2 Å². The topological polar surface area (TPSA) is 35.2 Å². The van der Waals surface area contributed by atoms with Crippen molar-refractivity contribution in [2.24, 2.45) is 0 Å². The van der Waals surface area contributed by atoms with E-state index < -0.39 is 0 Å². The van der Waals surface area contributed by atoms with Crippen molar-refractivity contribution in [2.75, 3.05) is 12.8 Å². The molecule has 1 aromatic rings. The summed E-state index contributed by atoms with van der Waals surface area (Å²) >= 11 is 9.31. The molecule has 1 rings (SSSR count). The molecule has 0 spiro atoms. The van der Waals surface area contributed by atoms with Crippen LogP contribution < -0.4 is 10.5 Å². The summed E-state index contributed by atoms with van der Waals surface area (Å²) in [6.45, 7) is 1.90. The Morgan fingerprint density at radius 3 is 2.67 bits per heavy atom. The maximum Gasteiger partial charge on any atom is 0.160 e. The van der Waals surface area contributed by atoms with E-state index in [-0.39, 0.29) is 0 Å². The normalized spacial score (nSPS) is 10.0. The van der Waals surface area contributed by atoms with Gasteiger partial charge in [0.2, 0.25) is 0 Å². The van der Waals surface area contributed by atoms with Crippen molar-refractivity contribution in [3.8, 4) is 5.75 Å². The number of nitrogen functional groups attached to an aromatic ring is 1. The molecule has 0 amide bonds. The molecule has 2 N–H and O–H groups in total. The third kappa shape index (κ3) is 1.52. The number of hydrogen-bond acceptors (Lipinski definition) is 2. The van der Waals surface area contributed by atoms with Crippen LogP contribution >= 0.6 is 27.5 Å². The van der Waals surface area contributed by atoms with Crippen LogP contribution in [0.4, 0.5) is 5.69 Å². The molecule has 0 aromatic heterocycles.